The predicted molar refractivity (Wildman–Crippen MR) is 85.5 cm³/mol. The van der Waals surface area contributed by atoms with E-state index in [1.807, 2.05) is 12.1 Å². The van der Waals surface area contributed by atoms with E-state index in [0.717, 1.165) is 24.9 Å². The Balaban J connectivity index is 2.14. The van der Waals surface area contributed by atoms with Gasteiger partial charge in [0.2, 0.25) is 10.0 Å². The van der Waals surface area contributed by atoms with E-state index in [4.69, 9.17) is 0 Å². The lowest BCUT2D eigenvalue weighted by Crippen LogP contribution is -2.30. The molecule has 0 aromatic heterocycles. The van der Waals surface area contributed by atoms with Gasteiger partial charge in [0.15, 0.2) is 0 Å². The van der Waals surface area contributed by atoms with Crippen LogP contribution in [0.3, 0.4) is 0 Å². The molecule has 21 heavy (non-hydrogen) atoms. The van der Waals surface area contributed by atoms with Crippen molar-refractivity contribution in [2.45, 2.75) is 38.1 Å². The van der Waals surface area contributed by atoms with E-state index in [1.165, 1.54) is 4.31 Å². The lowest BCUT2D eigenvalue weighted by atomic mass is 10.2. The second-order valence-electron chi connectivity index (χ2n) is 6.04. The topological polar surface area (TPSA) is 49.4 Å². The van der Waals surface area contributed by atoms with Gasteiger partial charge in [-0.1, -0.05) is 32.0 Å². The number of hydrogen-bond acceptors (Lipinski definition) is 3. The molecular formula is C16H26N2O2S. The summed E-state index contributed by atoms with van der Waals surface area (Å²) < 4.78 is 27.0. The summed E-state index contributed by atoms with van der Waals surface area (Å²) in [6.07, 6.45) is 2.17. The molecule has 2 rings (SSSR count). The minimum atomic E-state index is -3.39. The number of rotatable bonds is 8. The van der Waals surface area contributed by atoms with Gasteiger partial charge in [0.25, 0.3) is 0 Å². The first-order valence-corrected chi connectivity index (χ1v) is 9.15. The molecule has 0 spiro atoms. The van der Waals surface area contributed by atoms with Crippen LogP contribution in [0.4, 0.5) is 0 Å². The minimum absolute atomic E-state index is 0.435. The smallest absolute Gasteiger partial charge is 0.243 e. The quantitative estimate of drug-likeness (QED) is 0.750. The van der Waals surface area contributed by atoms with E-state index in [0.29, 0.717) is 29.8 Å². The standard InChI is InChI=1S/C16H26N2O2S/c1-4-9-17-11-14-7-5-6-8-16(14)21(19,20)18(3)12-15-10-13(15)2/h5-8,13,15,17H,4,9-12H2,1-3H3. The molecule has 0 aliphatic heterocycles. The summed E-state index contributed by atoms with van der Waals surface area (Å²) in [5.41, 5.74) is 0.849. The van der Waals surface area contributed by atoms with E-state index in [2.05, 4.69) is 19.2 Å². The highest BCUT2D eigenvalue weighted by molar-refractivity contribution is 7.89. The Morgan fingerprint density at radius 1 is 1.33 bits per heavy atom. The summed E-state index contributed by atoms with van der Waals surface area (Å²) in [5, 5.41) is 3.28. The maximum atomic E-state index is 12.8. The lowest BCUT2D eigenvalue weighted by Gasteiger charge is -2.19. The Hall–Kier alpha value is -0.910. The van der Waals surface area contributed by atoms with Crippen molar-refractivity contribution in [3.05, 3.63) is 29.8 Å². The van der Waals surface area contributed by atoms with Gasteiger partial charge < -0.3 is 5.32 Å². The number of nitrogens with one attached hydrogen (secondary N) is 1. The molecule has 1 aromatic carbocycles. The van der Waals surface area contributed by atoms with Crippen LogP contribution in [0.5, 0.6) is 0 Å². The number of sulfonamides is 1. The Bertz CT molecular complexity index is 571. The zero-order valence-corrected chi connectivity index (χ0v) is 14.0. The average molecular weight is 310 g/mol. The van der Waals surface area contributed by atoms with Crippen LogP contribution in [0.2, 0.25) is 0 Å². The van der Waals surface area contributed by atoms with Crippen LogP contribution in [0, 0.1) is 11.8 Å². The number of benzene rings is 1. The molecule has 4 nitrogen and oxygen atoms in total. The summed E-state index contributed by atoms with van der Waals surface area (Å²) in [7, 11) is -1.70. The van der Waals surface area contributed by atoms with Crippen LogP contribution < -0.4 is 5.32 Å². The van der Waals surface area contributed by atoms with Gasteiger partial charge in [0.1, 0.15) is 0 Å². The first-order valence-electron chi connectivity index (χ1n) is 7.71. The summed E-state index contributed by atoms with van der Waals surface area (Å²) in [4.78, 5) is 0.435. The van der Waals surface area contributed by atoms with Gasteiger partial charge in [-0.2, -0.15) is 0 Å². The summed E-state index contributed by atoms with van der Waals surface area (Å²) >= 11 is 0. The third-order valence-corrected chi connectivity index (χ3v) is 6.09. The minimum Gasteiger partial charge on any atom is -0.313 e. The zero-order chi connectivity index (χ0) is 15.5. The van der Waals surface area contributed by atoms with E-state index < -0.39 is 10.0 Å². The van der Waals surface area contributed by atoms with Gasteiger partial charge in [-0.05, 0) is 42.9 Å². The van der Waals surface area contributed by atoms with Crippen molar-refractivity contribution >= 4 is 10.0 Å². The Morgan fingerprint density at radius 2 is 2.00 bits per heavy atom. The molecule has 1 aliphatic rings. The van der Waals surface area contributed by atoms with E-state index in [1.54, 1.807) is 19.2 Å². The third-order valence-electron chi connectivity index (χ3n) is 4.17. The highest BCUT2D eigenvalue weighted by Gasteiger charge is 2.36. The molecule has 0 heterocycles. The van der Waals surface area contributed by atoms with E-state index in [9.17, 15) is 8.42 Å². The van der Waals surface area contributed by atoms with Gasteiger partial charge in [-0.25, -0.2) is 12.7 Å². The van der Waals surface area contributed by atoms with Crippen LogP contribution in [0.15, 0.2) is 29.2 Å². The summed E-state index contributed by atoms with van der Waals surface area (Å²) in [6, 6.07) is 7.29. The van der Waals surface area contributed by atoms with Crippen molar-refractivity contribution in [1.29, 1.82) is 0 Å². The molecular weight excluding hydrogens is 284 g/mol. The predicted octanol–water partition coefficient (Wildman–Crippen LogP) is 2.46. The Kier molecular flexibility index (Phi) is 5.41. The molecule has 0 saturated heterocycles. The molecule has 1 aromatic rings. The molecule has 0 bridgehead atoms. The molecule has 0 radical (unpaired) electrons. The van der Waals surface area contributed by atoms with E-state index in [-0.39, 0.29) is 0 Å². The van der Waals surface area contributed by atoms with Crippen molar-refractivity contribution in [3.8, 4) is 0 Å². The van der Waals surface area contributed by atoms with Crippen LogP contribution in [-0.4, -0.2) is 32.9 Å². The highest BCUT2D eigenvalue weighted by atomic mass is 32.2. The summed E-state index contributed by atoms with van der Waals surface area (Å²) in [5.74, 6) is 1.18. The van der Waals surface area contributed by atoms with Crippen molar-refractivity contribution in [1.82, 2.24) is 9.62 Å². The van der Waals surface area contributed by atoms with Crippen LogP contribution in [-0.2, 0) is 16.6 Å². The SMILES string of the molecule is CCCNCc1ccccc1S(=O)(=O)N(C)CC1CC1C. The molecule has 0 amide bonds. The van der Waals surface area contributed by atoms with Crippen LogP contribution in [0.1, 0.15) is 32.3 Å². The molecule has 1 saturated carbocycles. The second kappa shape index (κ2) is 6.90. The first-order chi connectivity index (χ1) is 9.96. The fraction of sp³-hybridized carbons (Fsp3) is 0.625. The largest absolute Gasteiger partial charge is 0.313 e. The first kappa shape index (κ1) is 16.5. The van der Waals surface area contributed by atoms with E-state index >= 15 is 0 Å². The van der Waals surface area contributed by atoms with Gasteiger partial charge in [0.05, 0.1) is 4.90 Å². The third kappa shape index (κ3) is 4.05. The maximum Gasteiger partial charge on any atom is 0.243 e. The Labute approximate surface area is 128 Å². The van der Waals surface area contributed by atoms with Crippen molar-refractivity contribution in [3.63, 3.8) is 0 Å². The Morgan fingerprint density at radius 3 is 2.62 bits per heavy atom. The zero-order valence-electron chi connectivity index (χ0n) is 13.2. The normalized spacial score (nSPS) is 21.7. The molecule has 2 atom stereocenters. The van der Waals surface area contributed by atoms with Crippen molar-refractivity contribution in [2.24, 2.45) is 11.8 Å². The maximum absolute atomic E-state index is 12.8. The molecule has 1 N–H and O–H groups in total. The second-order valence-corrected chi connectivity index (χ2v) is 8.06. The molecule has 118 valence electrons. The van der Waals surface area contributed by atoms with Crippen LogP contribution >= 0.6 is 0 Å². The molecule has 2 unspecified atom stereocenters. The fourth-order valence-electron chi connectivity index (χ4n) is 2.55. The van der Waals surface area contributed by atoms with Gasteiger partial charge in [-0.15, -0.1) is 0 Å². The molecule has 1 fully saturated rings. The van der Waals surface area contributed by atoms with Gasteiger partial charge >= 0.3 is 0 Å². The van der Waals surface area contributed by atoms with Crippen molar-refractivity contribution < 1.29 is 8.42 Å². The van der Waals surface area contributed by atoms with Gasteiger partial charge in [-0.3, -0.25) is 0 Å². The number of nitrogens with zero attached hydrogens (tertiary/aromatic N) is 1. The highest BCUT2D eigenvalue weighted by Crippen LogP contribution is 2.38. The molecule has 5 heteroatoms. The fourth-order valence-corrected chi connectivity index (χ4v) is 4.00. The monoisotopic (exact) mass is 310 g/mol. The van der Waals surface area contributed by atoms with Gasteiger partial charge in [0, 0.05) is 20.1 Å². The van der Waals surface area contributed by atoms with Crippen LogP contribution in [0.25, 0.3) is 0 Å². The average Bonchev–Trinajstić information content (AvgIpc) is 3.14. The van der Waals surface area contributed by atoms with Crippen molar-refractivity contribution in [2.75, 3.05) is 20.1 Å². The molecule has 1 aliphatic carbocycles. The summed E-state index contributed by atoms with van der Waals surface area (Å²) in [6.45, 7) is 6.38. The number of hydrogen-bond donors (Lipinski definition) is 1. The lowest BCUT2D eigenvalue weighted by molar-refractivity contribution is 0.444.